The van der Waals surface area contributed by atoms with Crippen LogP contribution >= 0.6 is 0 Å². The van der Waals surface area contributed by atoms with Crippen molar-refractivity contribution in [3.8, 4) is 0 Å². The van der Waals surface area contributed by atoms with Crippen LogP contribution in [0.5, 0.6) is 0 Å². The molecule has 1 saturated heterocycles. The van der Waals surface area contributed by atoms with Gasteiger partial charge in [0.25, 0.3) is 0 Å². The van der Waals surface area contributed by atoms with Crippen molar-refractivity contribution in [2.75, 3.05) is 18.4 Å². The minimum absolute atomic E-state index is 0.0273. The summed E-state index contributed by atoms with van der Waals surface area (Å²) in [6.07, 6.45) is 1.72. The number of amides is 2. The molecular formula is C12H15F2N3O. The first-order valence-corrected chi connectivity index (χ1v) is 5.83. The number of nitrogens with zero attached hydrogens (tertiary/aromatic N) is 1. The highest BCUT2D eigenvalue weighted by Crippen LogP contribution is 2.16. The molecule has 3 N–H and O–H groups in total. The van der Waals surface area contributed by atoms with Crippen molar-refractivity contribution in [2.24, 2.45) is 5.73 Å². The number of anilines is 1. The van der Waals surface area contributed by atoms with Crippen LogP contribution in [0.15, 0.2) is 18.2 Å². The minimum Gasteiger partial charge on any atom is -0.326 e. The first kappa shape index (κ1) is 12.8. The molecule has 1 atom stereocenters. The zero-order valence-corrected chi connectivity index (χ0v) is 9.83. The Morgan fingerprint density at radius 1 is 1.44 bits per heavy atom. The van der Waals surface area contributed by atoms with Gasteiger partial charge in [0.05, 0.1) is 5.69 Å². The predicted octanol–water partition coefficient (Wildman–Crippen LogP) is 1.92. The molecule has 1 aromatic rings. The number of carbonyl (C=O) groups excluding carboxylic acids is 1. The van der Waals surface area contributed by atoms with Gasteiger partial charge in [-0.1, -0.05) is 0 Å². The Morgan fingerprint density at radius 2 is 2.22 bits per heavy atom. The zero-order chi connectivity index (χ0) is 13.1. The maximum Gasteiger partial charge on any atom is 0.321 e. The molecule has 18 heavy (non-hydrogen) atoms. The molecule has 4 nitrogen and oxygen atoms in total. The van der Waals surface area contributed by atoms with Crippen molar-refractivity contribution in [1.82, 2.24) is 4.90 Å². The van der Waals surface area contributed by atoms with Gasteiger partial charge >= 0.3 is 6.03 Å². The maximum absolute atomic E-state index is 13.4. The van der Waals surface area contributed by atoms with Gasteiger partial charge in [0.1, 0.15) is 11.6 Å². The third-order valence-electron chi connectivity index (χ3n) is 2.92. The fraction of sp³-hybridized carbons (Fsp3) is 0.417. The van der Waals surface area contributed by atoms with Crippen LogP contribution < -0.4 is 11.1 Å². The summed E-state index contributed by atoms with van der Waals surface area (Å²) in [4.78, 5) is 13.4. The maximum atomic E-state index is 13.4. The molecular weight excluding hydrogens is 240 g/mol. The van der Waals surface area contributed by atoms with Crippen LogP contribution in [0.2, 0.25) is 0 Å². The molecule has 6 heteroatoms. The largest absolute Gasteiger partial charge is 0.326 e. The van der Waals surface area contributed by atoms with E-state index in [9.17, 15) is 13.6 Å². The van der Waals surface area contributed by atoms with Crippen molar-refractivity contribution in [3.63, 3.8) is 0 Å². The van der Waals surface area contributed by atoms with E-state index in [0.717, 1.165) is 25.0 Å². The lowest BCUT2D eigenvalue weighted by atomic mass is 10.1. The van der Waals surface area contributed by atoms with Crippen LogP contribution in [0.3, 0.4) is 0 Å². The lowest BCUT2D eigenvalue weighted by Gasteiger charge is -2.30. The second-order valence-corrected chi connectivity index (χ2v) is 4.40. The van der Waals surface area contributed by atoms with Gasteiger partial charge in [0.2, 0.25) is 0 Å². The number of carbonyl (C=O) groups is 1. The SMILES string of the molecule is N[C@@H]1CCCN(C(=O)Nc2ccc(F)cc2F)C1. The van der Waals surface area contributed by atoms with Crippen LogP contribution in [-0.4, -0.2) is 30.1 Å². The van der Waals surface area contributed by atoms with Gasteiger partial charge in [-0.05, 0) is 25.0 Å². The molecule has 0 aromatic heterocycles. The summed E-state index contributed by atoms with van der Waals surface area (Å²) >= 11 is 0. The number of benzene rings is 1. The summed E-state index contributed by atoms with van der Waals surface area (Å²) in [6.45, 7) is 1.05. The number of halogens is 2. The number of nitrogens with two attached hydrogens (primary N) is 1. The molecule has 1 aliphatic rings. The first-order chi connectivity index (χ1) is 8.56. The number of hydrogen-bond acceptors (Lipinski definition) is 2. The molecule has 2 rings (SSSR count). The quantitative estimate of drug-likeness (QED) is 0.805. The van der Waals surface area contributed by atoms with Crippen LogP contribution in [0.4, 0.5) is 19.3 Å². The van der Waals surface area contributed by atoms with E-state index < -0.39 is 17.7 Å². The number of piperidine rings is 1. The molecule has 1 fully saturated rings. The highest BCUT2D eigenvalue weighted by molar-refractivity contribution is 5.89. The van der Waals surface area contributed by atoms with Gasteiger partial charge in [-0.15, -0.1) is 0 Å². The summed E-state index contributed by atoms with van der Waals surface area (Å²) in [6, 6.07) is 2.59. The van der Waals surface area contributed by atoms with E-state index in [1.54, 1.807) is 0 Å². The fourth-order valence-corrected chi connectivity index (χ4v) is 1.98. The van der Waals surface area contributed by atoms with E-state index >= 15 is 0 Å². The number of rotatable bonds is 1. The third kappa shape index (κ3) is 2.95. The Balaban J connectivity index is 2.02. The van der Waals surface area contributed by atoms with E-state index in [-0.39, 0.29) is 11.7 Å². The van der Waals surface area contributed by atoms with Crippen LogP contribution in [0, 0.1) is 11.6 Å². The molecule has 98 valence electrons. The molecule has 0 unspecified atom stereocenters. The average Bonchev–Trinajstić information content (AvgIpc) is 2.32. The van der Waals surface area contributed by atoms with Crippen LogP contribution in [0.25, 0.3) is 0 Å². The highest BCUT2D eigenvalue weighted by atomic mass is 19.1. The Bertz CT molecular complexity index is 453. The lowest BCUT2D eigenvalue weighted by molar-refractivity contribution is 0.193. The normalized spacial score (nSPS) is 19.7. The molecule has 0 bridgehead atoms. The number of likely N-dealkylation sites (tertiary alicyclic amines) is 1. The molecule has 1 aromatic carbocycles. The Morgan fingerprint density at radius 3 is 2.89 bits per heavy atom. The molecule has 0 saturated carbocycles. The van der Waals surface area contributed by atoms with E-state index in [1.807, 2.05) is 0 Å². The average molecular weight is 255 g/mol. The highest BCUT2D eigenvalue weighted by Gasteiger charge is 2.21. The number of hydrogen-bond donors (Lipinski definition) is 2. The van der Waals surface area contributed by atoms with Gasteiger partial charge in [0.15, 0.2) is 0 Å². The summed E-state index contributed by atoms with van der Waals surface area (Å²) in [7, 11) is 0. The minimum atomic E-state index is -0.787. The standard InChI is InChI=1S/C12H15F2N3O/c13-8-3-4-11(10(14)6-8)16-12(18)17-5-1-2-9(15)7-17/h3-4,6,9H,1-2,5,7,15H2,(H,16,18)/t9-/m1/s1. The zero-order valence-electron chi connectivity index (χ0n) is 9.83. The molecule has 1 aliphatic heterocycles. The third-order valence-corrected chi connectivity index (χ3v) is 2.92. The second-order valence-electron chi connectivity index (χ2n) is 4.40. The lowest BCUT2D eigenvalue weighted by Crippen LogP contribution is -2.47. The van der Waals surface area contributed by atoms with E-state index in [4.69, 9.17) is 5.73 Å². The van der Waals surface area contributed by atoms with Crippen molar-refractivity contribution in [2.45, 2.75) is 18.9 Å². The van der Waals surface area contributed by atoms with E-state index in [0.29, 0.717) is 13.1 Å². The van der Waals surface area contributed by atoms with Gasteiger partial charge in [-0.3, -0.25) is 0 Å². The monoisotopic (exact) mass is 255 g/mol. The molecule has 0 aliphatic carbocycles. The Hall–Kier alpha value is -1.69. The molecule has 0 spiro atoms. The fourth-order valence-electron chi connectivity index (χ4n) is 1.98. The first-order valence-electron chi connectivity index (χ1n) is 5.83. The van der Waals surface area contributed by atoms with Crippen molar-refractivity contribution >= 4 is 11.7 Å². The van der Waals surface area contributed by atoms with Gasteiger partial charge in [-0.25, -0.2) is 13.6 Å². The number of nitrogens with one attached hydrogen (secondary N) is 1. The summed E-state index contributed by atoms with van der Waals surface area (Å²) in [5.74, 6) is -1.46. The number of urea groups is 1. The van der Waals surface area contributed by atoms with Gasteiger partial charge in [-0.2, -0.15) is 0 Å². The summed E-state index contributed by atoms with van der Waals surface area (Å²) in [5.41, 5.74) is 5.73. The van der Waals surface area contributed by atoms with E-state index in [2.05, 4.69) is 5.32 Å². The van der Waals surface area contributed by atoms with Crippen molar-refractivity contribution in [3.05, 3.63) is 29.8 Å². The Kier molecular flexibility index (Phi) is 3.76. The molecule has 0 radical (unpaired) electrons. The topological polar surface area (TPSA) is 58.4 Å². The van der Waals surface area contributed by atoms with E-state index in [1.165, 1.54) is 11.0 Å². The second kappa shape index (κ2) is 5.30. The van der Waals surface area contributed by atoms with Crippen molar-refractivity contribution < 1.29 is 13.6 Å². The van der Waals surface area contributed by atoms with Crippen molar-refractivity contribution in [1.29, 1.82) is 0 Å². The molecule has 2 amide bonds. The summed E-state index contributed by atoms with van der Waals surface area (Å²) < 4.78 is 26.1. The molecule has 1 heterocycles. The smallest absolute Gasteiger partial charge is 0.321 e. The Labute approximate surface area is 104 Å². The van der Waals surface area contributed by atoms with Gasteiger partial charge in [0, 0.05) is 25.2 Å². The van der Waals surface area contributed by atoms with Gasteiger partial charge < -0.3 is 16.0 Å². The van der Waals surface area contributed by atoms with Crippen LogP contribution in [-0.2, 0) is 0 Å². The summed E-state index contributed by atoms with van der Waals surface area (Å²) in [5, 5.41) is 2.42. The predicted molar refractivity (Wildman–Crippen MR) is 64.2 cm³/mol. The van der Waals surface area contributed by atoms with Crippen LogP contribution in [0.1, 0.15) is 12.8 Å².